The van der Waals surface area contributed by atoms with Crippen molar-refractivity contribution in [2.75, 3.05) is 13.2 Å². The second kappa shape index (κ2) is 5.08. The van der Waals surface area contributed by atoms with Gasteiger partial charge in [-0.1, -0.05) is 0 Å². The molecule has 0 spiro atoms. The molecule has 1 rings (SSSR count). The van der Waals surface area contributed by atoms with Gasteiger partial charge in [0.2, 0.25) is 0 Å². The maximum Gasteiger partial charge on any atom is 0.508 e. The molecule has 1 aliphatic heterocycles. The van der Waals surface area contributed by atoms with E-state index in [1.165, 1.54) is 6.92 Å². The van der Waals surface area contributed by atoms with Gasteiger partial charge < -0.3 is 14.3 Å². The average molecular weight is 132 g/mol. The van der Waals surface area contributed by atoms with Gasteiger partial charge in [0.1, 0.15) is 19.5 Å². The van der Waals surface area contributed by atoms with Crippen LogP contribution < -0.4 is 0 Å². The molecule has 0 N–H and O–H groups in total. The van der Waals surface area contributed by atoms with E-state index in [2.05, 4.69) is 9.47 Å². The molecule has 0 aromatic rings. The van der Waals surface area contributed by atoms with E-state index in [4.69, 9.17) is 4.79 Å². The summed E-state index contributed by atoms with van der Waals surface area (Å²) in [6, 6.07) is 0. The monoisotopic (exact) mass is 132 g/mol. The SMILES string of the molecule is CC=O.O=C1OCCO1. The Labute approximate surface area is 52.7 Å². The predicted molar refractivity (Wildman–Crippen MR) is 29.0 cm³/mol. The highest BCUT2D eigenvalue weighted by molar-refractivity contribution is 5.61. The van der Waals surface area contributed by atoms with Crippen molar-refractivity contribution in [2.24, 2.45) is 0 Å². The minimum absolute atomic E-state index is 0.416. The molecule has 1 fully saturated rings. The maximum atomic E-state index is 9.80. The lowest BCUT2D eigenvalue weighted by Crippen LogP contribution is -1.88. The molecule has 0 aliphatic carbocycles. The molecule has 0 radical (unpaired) electrons. The summed E-state index contributed by atoms with van der Waals surface area (Å²) in [7, 11) is 0. The quantitative estimate of drug-likeness (QED) is 0.352. The zero-order chi connectivity index (χ0) is 7.11. The standard InChI is InChI=1S/C3H4O3.C2H4O/c4-3-5-1-2-6-3;1-2-3/h1-2H2;2H,1H3. The van der Waals surface area contributed by atoms with Gasteiger partial charge in [-0.25, -0.2) is 4.79 Å². The lowest BCUT2D eigenvalue weighted by molar-refractivity contribution is -0.106. The van der Waals surface area contributed by atoms with Gasteiger partial charge in [-0.2, -0.15) is 0 Å². The van der Waals surface area contributed by atoms with E-state index >= 15 is 0 Å². The molecule has 1 heterocycles. The fraction of sp³-hybridized carbons (Fsp3) is 0.600. The van der Waals surface area contributed by atoms with Crippen LogP contribution in [0.2, 0.25) is 0 Å². The average Bonchev–Trinajstić information content (AvgIpc) is 2.20. The van der Waals surface area contributed by atoms with Crippen molar-refractivity contribution >= 4 is 12.4 Å². The number of rotatable bonds is 0. The second-order valence-corrected chi connectivity index (χ2v) is 1.18. The molecule has 9 heavy (non-hydrogen) atoms. The van der Waals surface area contributed by atoms with Crippen LogP contribution in [0.3, 0.4) is 0 Å². The minimum Gasteiger partial charge on any atom is -0.431 e. The van der Waals surface area contributed by atoms with Crippen LogP contribution in [0.5, 0.6) is 0 Å². The maximum absolute atomic E-state index is 9.80. The Morgan fingerprint density at radius 2 is 1.78 bits per heavy atom. The number of carbonyl (C=O) groups excluding carboxylic acids is 2. The number of ether oxygens (including phenoxy) is 2. The normalized spacial score (nSPS) is 14.6. The van der Waals surface area contributed by atoms with E-state index in [1.54, 1.807) is 0 Å². The molecule has 0 unspecified atom stereocenters. The molecule has 0 atom stereocenters. The highest BCUT2D eigenvalue weighted by atomic mass is 16.8. The first-order valence-electron chi connectivity index (χ1n) is 2.50. The van der Waals surface area contributed by atoms with Gasteiger partial charge in [-0.05, 0) is 6.92 Å². The number of cyclic esters (lactones) is 2. The van der Waals surface area contributed by atoms with Crippen molar-refractivity contribution in [3.8, 4) is 0 Å². The second-order valence-electron chi connectivity index (χ2n) is 1.18. The lowest BCUT2D eigenvalue weighted by atomic mass is 10.8. The molecule has 0 amide bonds. The summed E-state index contributed by atoms with van der Waals surface area (Å²) >= 11 is 0. The molecule has 4 nitrogen and oxygen atoms in total. The van der Waals surface area contributed by atoms with Crippen molar-refractivity contribution in [3.05, 3.63) is 0 Å². The van der Waals surface area contributed by atoms with Crippen LogP contribution in [0.15, 0.2) is 0 Å². The van der Waals surface area contributed by atoms with Crippen molar-refractivity contribution in [3.63, 3.8) is 0 Å². The molecule has 52 valence electrons. The van der Waals surface area contributed by atoms with Crippen LogP contribution >= 0.6 is 0 Å². The summed E-state index contributed by atoms with van der Waals surface area (Å²) < 4.78 is 8.58. The third kappa shape index (κ3) is 4.80. The van der Waals surface area contributed by atoms with Gasteiger partial charge in [0.15, 0.2) is 0 Å². The van der Waals surface area contributed by atoms with Crippen LogP contribution in [0.25, 0.3) is 0 Å². The van der Waals surface area contributed by atoms with E-state index in [0.29, 0.717) is 13.2 Å². The lowest BCUT2D eigenvalue weighted by Gasteiger charge is -1.78. The Hall–Kier alpha value is -1.06. The number of aldehydes is 1. The van der Waals surface area contributed by atoms with E-state index in [1.807, 2.05) is 0 Å². The topological polar surface area (TPSA) is 52.6 Å². The molecule has 0 saturated carbocycles. The number of carbonyl (C=O) groups is 2. The molecular formula is C5H8O4. The fourth-order valence-corrected chi connectivity index (χ4v) is 0.292. The van der Waals surface area contributed by atoms with Crippen LogP contribution in [-0.4, -0.2) is 25.7 Å². The Morgan fingerprint density at radius 1 is 1.44 bits per heavy atom. The Bertz CT molecular complexity index is 91.1. The van der Waals surface area contributed by atoms with Crippen molar-refractivity contribution in [1.29, 1.82) is 0 Å². The zero-order valence-corrected chi connectivity index (χ0v) is 5.12. The highest BCUT2D eigenvalue weighted by Gasteiger charge is 2.09. The van der Waals surface area contributed by atoms with Gasteiger partial charge >= 0.3 is 6.16 Å². The molecule has 0 bridgehead atoms. The third-order valence-electron chi connectivity index (χ3n) is 0.523. The molecular weight excluding hydrogens is 124 g/mol. The number of hydrogen-bond donors (Lipinski definition) is 0. The first-order valence-corrected chi connectivity index (χ1v) is 2.50. The van der Waals surface area contributed by atoms with Crippen molar-refractivity contribution < 1.29 is 19.1 Å². The highest BCUT2D eigenvalue weighted by Crippen LogP contribution is 1.92. The van der Waals surface area contributed by atoms with Crippen molar-refractivity contribution in [2.45, 2.75) is 6.92 Å². The Kier molecular flexibility index (Phi) is 4.49. The summed E-state index contributed by atoms with van der Waals surface area (Å²) in [5.41, 5.74) is 0. The summed E-state index contributed by atoms with van der Waals surface area (Å²) in [6.07, 6.45) is 0.204. The van der Waals surface area contributed by atoms with Gasteiger partial charge in [-0.15, -0.1) is 0 Å². The summed E-state index contributed by atoms with van der Waals surface area (Å²) in [5, 5.41) is 0. The molecule has 1 aliphatic rings. The molecule has 4 heteroatoms. The van der Waals surface area contributed by atoms with E-state index < -0.39 is 6.16 Å². The Morgan fingerprint density at radius 3 is 1.89 bits per heavy atom. The van der Waals surface area contributed by atoms with E-state index in [-0.39, 0.29) is 0 Å². The van der Waals surface area contributed by atoms with E-state index in [9.17, 15) is 4.79 Å². The zero-order valence-electron chi connectivity index (χ0n) is 5.12. The third-order valence-corrected chi connectivity index (χ3v) is 0.523. The van der Waals surface area contributed by atoms with Gasteiger partial charge in [-0.3, -0.25) is 0 Å². The molecule has 0 aromatic heterocycles. The fourth-order valence-electron chi connectivity index (χ4n) is 0.292. The first-order chi connectivity index (χ1) is 4.31. The van der Waals surface area contributed by atoms with Crippen LogP contribution in [-0.2, 0) is 14.3 Å². The summed E-state index contributed by atoms with van der Waals surface area (Å²) in [4.78, 5) is 18.6. The van der Waals surface area contributed by atoms with E-state index in [0.717, 1.165) is 6.29 Å². The Balaban J connectivity index is 0.000000187. The van der Waals surface area contributed by atoms with Crippen LogP contribution in [0.4, 0.5) is 4.79 Å². The smallest absolute Gasteiger partial charge is 0.431 e. The van der Waals surface area contributed by atoms with Crippen LogP contribution in [0.1, 0.15) is 6.92 Å². The molecule has 0 aromatic carbocycles. The van der Waals surface area contributed by atoms with Crippen LogP contribution in [0, 0.1) is 0 Å². The predicted octanol–water partition coefficient (Wildman–Crippen LogP) is 0.358. The van der Waals surface area contributed by atoms with Gasteiger partial charge in [0, 0.05) is 0 Å². The van der Waals surface area contributed by atoms with Gasteiger partial charge in [0.25, 0.3) is 0 Å². The number of hydrogen-bond acceptors (Lipinski definition) is 4. The first kappa shape index (κ1) is 7.94. The van der Waals surface area contributed by atoms with Crippen molar-refractivity contribution in [1.82, 2.24) is 0 Å². The summed E-state index contributed by atoms with van der Waals surface area (Å²) in [6.45, 7) is 2.28. The minimum atomic E-state index is -0.546. The largest absolute Gasteiger partial charge is 0.508 e. The molecule has 1 saturated heterocycles. The summed E-state index contributed by atoms with van der Waals surface area (Å²) in [5.74, 6) is 0. The van der Waals surface area contributed by atoms with Gasteiger partial charge in [0.05, 0.1) is 0 Å².